The number of ether oxygens (including phenoxy) is 2. The van der Waals surface area contributed by atoms with E-state index in [1.54, 1.807) is 32.5 Å². The third-order valence-electron chi connectivity index (χ3n) is 3.84. The van der Waals surface area contributed by atoms with Crippen LogP contribution < -0.4 is 14.8 Å². The lowest BCUT2D eigenvalue weighted by atomic mass is 10.1. The highest BCUT2D eigenvalue weighted by Crippen LogP contribution is 2.30. The van der Waals surface area contributed by atoms with Gasteiger partial charge in [0.25, 0.3) is 5.91 Å². The lowest BCUT2D eigenvalue weighted by Gasteiger charge is -2.13. The van der Waals surface area contributed by atoms with Crippen molar-refractivity contribution in [1.82, 2.24) is 4.98 Å². The second kappa shape index (κ2) is 6.58. The molecule has 0 unspecified atom stereocenters. The Morgan fingerprint density at radius 3 is 2.54 bits per heavy atom. The number of benzene rings is 2. The minimum absolute atomic E-state index is 0.198. The van der Waals surface area contributed by atoms with E-state index in [4.69, 9.17) is 9.47 Å². The zero-order chi connectivity index (χ0) is 17.1. The second-order valence-electron chi connectivity index (χ2n) is 5.39. The van der Waals surface area contributed by atoms with Crippen LogP contribution in [0.2, 0.25) is 0 Å². The standard InChI is InChI=1S/C19H18N2O3/c1-12-9-17(23-2)18(24-3)11-15(12)19(22)21-14-6-7-16-13(10-14)5-4-8-20-16/h4-11H,1-3H3,(H,21,22). The van der Waals surface area contributed by atoms with Crippen LogP contribution in [0.4, 0.5) is 5.69 Å². The van der Waals surface area contributed by atoms with Gasteiger partial charge in [-0.2, -0.15) is 0 Å². The highest BCUT2D eigenvalue weighted by molar-refractivity contribution is 6.06. The number of methoxy groups -OCH3 is 2. The Labute approximate surface area is 140 Å². The average Bonchev–Trinajstić information content (AvgIpc) is 2.61. The van der Waals surface area contributed by atoms with Crippen molar-refractivity contribution in [1.29, 1.82) is 0 Å². The lowest BCUT2D eigenvalue weighted by molar-refractivity contribution is 0.102. The molecule has 0 aliphatic carbocycles. The number of aromatic nitrogens is 1. The first-order valence-electron chi connectivity index (χ1n) is 7.51. The molecule has 5 heteroatoms. The van der Waals surface area contributed by atoms with Crippen LogP contribution in [0.5, 0.6) is 11.5 Å². The minimum atomic E-state index is -0.198. The van der Waals surface area contributed by atoms with Gasteiger partial charge in [-0.1, -0.05) is 6.07 Å². The number of nitrogens with zero attached hydrogens (tertiary/aromatic N) is 1. The lowest BCUT2D eigenvalue weighted by Crippen LogP contribution is -2.13. The van der Waals surface area contributed by atoms with Gasteiger partial charge in [0.15, 0.2) is 11.5 Å². The van der Waals surface area contributed by atoms with Crippen LogP contribution in [0.3, 0.4) is 0 Å². The zero-order valence-electron chi connectivity index (χ0n) is 13.8. The number of rotatable bonds is 4. The number of carbonyl (C=O) groups is 1. The fourth-order valence-corrected chi connectivity index (χ4v) is 2.58. The molecule has 0 aliphatic heterocycles. The van der Waals surface area contributed by atoms with Gasteiger partial charge in [0.2, 0.25) is 0 Å². The molecule has 0 spiro atoms. The molecular formula is C19H18N2O3. The van der Waals surface area contributed by atoms with Gasteiger partial charge in [-0.15, -0.1) is 0 Å². The van der Waals surface area contributed by atoms with Crippen LogP contribution in [-0.2, 0) is 0 Å². The Hall–Kier alpha value is -3.08. The molecule has 0 bridgehead atoms. The fourth-order valence-electron chi connectivity index (χ4n) is 2.58. The van der Waals surface area contributed by atoms with Gasteiger partial charge < -0.3 is 14.8 Å². The molecule has 0 atom stereocenters. The van der Waals surface area contributed by atoms with Crippen molar-refractivity contribution in [2.24, 2.45) is 0 Å². The molecule has 0 saturated heterocycles. The van der Waals surface area contributed by atoms with Gasteiger partial charge in [0.1, 0.15) is 0 Å². The fraction of sp³-hybridized carbons (Fsp3) is 0.158. The number of pyridine rings is 1. The zero-order valence-corrected chi connectivity index (χ0v) is 13.8. The van der Waals surface area contributed by atoms with E-state index in [-0.39, 0.29) is 5.91 Å². The summed E-state index contributed by atoms with van der Waals surface area (Å²) in [6.45, 7) is 1.86. The quantitative estimate of drug-likeness (QED) is 0.793. The summed E-state index contributed by atoms with van der Waals surface area (Å²) in [4.78, 5) is 16.9. The van der Waals surface area contributed by atoms with Crippen molar-refractivity contribution in [3.8, 4) is 11.5 Å². The van der Waals surface area contributed by atoms with E-state index >= 15 is 0 Å². The van der Waals surface area contributed by atoms with Gasteiger partial charge in [-0.25, -0.2) is 0 Å². The Morgan fingerprint density at radius 2 is 1.79 bits per heavy atom. The first-order chi connectivity index (χ1) is 11.6. The molecule has 3 aromatic rings. The van der Waals surface area contributed by atoms with Crippen molar-refractivity contribution >= 4 is 22.5 Å². The third-order valence-corrected chi connectivity index (χ3v) is 3.84. The van der Waals surface area contributed by atoms with Crippen LogP contribution in [0.1, 0.15) is 15.9 Å². The number of fused-ring (bicyclic) bond motifs is 1. The number of hydrogen-bond acceptors (Lipinski definition) is 4. The predicted molar refractivity (Wildman–Crippen MR) is 94.0 cm³/mol. The molecule has 5 nitrogen and oxygen atoms in total. The molecule has 0 fully saturated rings. The summed E-state index contributed by atoms with van der Waals surface area (Å²) in [6.07, 6.45) is 1.74. The summed E-state index contributed by atoms with van der Waals surface area (Å²) in [5.41, 5.74) is 2.96. The number of hydrogen-bond donors (Lipinski definition) is 1. The van der Waals surface area contributed by atoms with Crippen molar-refractivity contribution < 1.29 is 14.3 Å². The van der Waals surface area contributed by atoms with Crippen LogP contribution >= 0.6 is 0 Å². The van der Waals surface area contributed by atoms with Gasteiger partial charge in [0.05, 0.1) is 19.7 Å². The molecule has 1 aromatic heterocycles. The van der Waals surface area contributed by atoms with E-state index in [9.17, 15) is 4.79 Å². The molecule has 0 aliphatic rings. The Balaban J connectivity index is 1.91. The van der Waals surface area contributed by atoms with Gasteiger partial charge in [0, 0.05) is 22.8 Å². The molecule has 1 heterocycles. The number of anilines is 1. The van der Waals surface area contributed by atoms with E-state index in [0.717, 1.165) is 22.2 Å². The van der Waals surface area contributed by atoms with E-state index < -0.39 is 0 Å². The summed E-state index contributed by atoms with van der Waals surface area (Å²) in [5.74, 6) is 0.927. The Kier molecular flexibility index (Phi) is 4.33. The summed E-state index contributed by atoms with van der Waals surface area (Å²) in [6, 6.07) is 12.9. The monoisotopic (exact) mass is 322 g/mol. The van der Waals surface area contributed by atoms with Crippen LogP contribution in [0.15, 0.2) is 48.7 Å². The van der Waals surface area contributed by atoms with E-state index in [2.05, 4.69) is 10.3 Å². The van der Waals surface area contributed by atoms with Crippen LogP contribution in [0.25, 0.3) is 10.9 Å². The maximum Gasteiger partial charge on any atom is 0.256 e. The molecular weight excluding hydrogens is 304 g/mol. The largest absolute Gasteiger partial charge is 0.493 e. The molecule has 122 valence electrons. The Morgan fingerprint density at radius 1 is 1.04 bits per heavy atom. The number of carbonyl (C=O) groups excluding carboxylic acids is 1. The summed E-state index contributed by atoms with van der Waals surface area (Å²) in [7, 11) is 3.12. The van der Waals surface area contributed by atoms with Crippen LogP contribution in [-0.4, -0.2) is 25.1 Å². The number of nitrogens with one attached hydrogen (secondary N) is 1. The maximum atomic E-state index is 12.6. The van der Waals surface area contributed by atoms with Crippen molar-refractivity contribution in [3.63, 3.8) is 0 Å². The van der Waals surface area contributed by atoms with Gasteiger partial charge in [-0.05, 0) is 48.9 Å². The topological polar surface area (TPSA) is 60.5 Å². The minimum Gasteiger partial charge on any atom is -0.493 e. The molecule has 1 amide bonds. The van der Waals surface area contributed by atoms with E-state index in [0.29, 0.717) is 17.1 Å². The molecule has 3 rings (SSSR count). The normalized spacial score (nSPS) is 10.5. The maximum absolute atomic E-state index is 12.6. The SMILES string of the molecule is COc1cc(C)c(C(=O)Nc2ccc3ncccc3c2)cc1OC. The predicted octanol–water partition coefficient (Wildman–Crippen LogP) is 3.81. The molecule has 0 saturated carbocycles. The first kappa shape index (κ1) is 15.8. The summed E-state index contributed by atoms with van der Waals surface area (Å²) in [5, 5.41) is 3.89. The second-order valence-corrected chi connectivity index (χ2v) is 5.39. The molecule has 0 radical (unpaired) electrons. The molecule has 1 N–H and O–H groups in total. The van der Waals surface area contributed by atoms with Crippen molar-refractivity contribution in [2.75, 3.05) is 19.5 Å². The van der Waals surface area contributed by atoms with E-state index in [1.807, 2.05) is 37.3 Å². The Bertz CT molecular complexity index is 906. The highest BCUT2D eigenvalue weighted by atomic mass is 16.5. The van der Waals surface area contributed by atoms with Gasteiger partial charge >= 0.3 is 0 Å². The first-order valence-corrected chi connectivity index (χ1v) is 7.51. The van der Waals surface area contributed by atoms with Crippen molar-refractivity contribution in [3.05, 3.63) is 59.8 Å². The third kappa shape index (κ3) is 3.01. The molecule has 2 aromatic carbocycles. The number of amides is 1. The molecule has 24 heavy (non-hydrogen) atoms. The number of aryl methyl sites for hydroxylation is 1. The van der Waals surface area contributed by atoms with Crippen molar-refractivity contribution in [2.45, 2.75) is 6.92 Å². The van der Waals surface area contributed by atoms with E-state index in [1.165, 1.54) is 0 Å². The highest BCUT2D eigenvalue weighted by Gasteiger charge is 2.15. The average molecular weight is 322 g/mol. The van der Waals surface area contributed by atoms with Crippen LogP contribution in [0, 0.1) is 6.92 Å². The van der Waals surface area contributed by atoms with Gasteiger partial charge in [-0.3, -0.25) is 9.78 Å². The summed E-state index contributed by atoms with van der Waals surface area (Å²) >= 11 is 0. The summed E-state index contributed by atoms with van der Waals surface area (Å²) < 4.78 is 10.5. The smallest absolute Gasteiger partial charge is 0.256 e.